The van der Waals surface area contributed by atoms with Crippen LogP contribution in [-0.4, -0.2) is 91.6 Å². The first-order chi connectivity index (χ1) is 24.7. The molecular formula is C34H32N10O7. The highest BCUT2D eigenvalue weighted by atomic mass is 16.6. The fourth-order valence-corrected chi connectivity index (χ4v) is 5.82. The maximum Gasteiger partial charge on any atom is 0.335 e. The highest BCUT2D eigenvalue weighted by molar-refractivity contribution is 5.87. The zero-order valence-corrected chi connectivity index (χ0v) is 26.7. The van der Waals surface area contributed by atoms with Crippen LogP contribution < -0.4 is 16.0 Å². The topological polar surface area (TPSA) is 235 Å². The summed E-state index contributed by atoms with van der Waals surface area (Å²) in [6, 6.07) is 25.7. The van der Waals surface area contributed by atoms with Gasteiger partial charge in [-0.1, -0.05) is 72.8 Å². The first kappa shape index (κ1) is 33.1. The number of ether oxygens (including phenoxy) is 1. The molecular weight excluding hydrogens is 660 g/mol. The number of hydrogen-bond acceptors (Lipinski definition) is 12. The summed E-state index contributed by atoms with van der Waals surface area (Å²) >= 11 is 0. The van der Waals surface area contributed by atoms with E-state index in [-0.39, 0.29) is 47.1 Å². The number of phenols is 1. The standard InChI is InChI=1S/C34H32N10O7/c45-22-13-7-8-19(14-22)15-36-34(50)41-32-38-18-44(42-32)33-39-28(35-16-23(20-9-3-1-4-10-20)21-11-5-2-6-12-21)24-29(40-33)43(17-37-24)30-26(47)25(46)27(51-30)31(48)49/h1-14,17-18,23,25-27,30,45-47H,15-16H2,(H,48,49)(H,35,39,40)(H2,36,41,42,50)/t25-,26+,27-,30+/m0/s1. The average Bonchev–Trinajstić information content (AvgIpc) is 3.86. The van der Waals surface area contributed by atoms with Crippen molar-refractivity contribution >= 4 is 34.9 Å². The minimum Gasteiger partial charge on any atom is -0.508 e. The van der Waals surface area contributed by atoms with Crippen molar-refractivity contribution in [3.05, 3.63) is 114 Å². The van der Waals surface area contributed by atoms with Crippen LogP contribution in [-0.2, 0) is 16.1 Å². The number of aromatic hydroxyl groups is 1. The molecule has 51 heavy (non-hydrogen) atoms. The molecule has 7 rings (SSSR count). The Morgan fingerprint density at radius 3 is 2.27 bits per heavy atom. The van der Waals surface area contributed by atoms with E-state index in [1.807, 2.05) is 60.7 Å². The van der Waals surface area contributed by atoms with Crippen LogP contribution in [0.15, 0.2) is 97.6 Å². The van der Waals surface area contributed by atoms with Crippen molar-refractivity contribution < 1.29 is 34.8 Å². The normalized spacial score (nSPS) is 18.6. The first-order valence-corrected chi connectivity index (χ1v) is 15.8. The van der Waals surface area contributed by atoms with E-state index in [4.69, 9.17) is 4.74 Å². The van der Waals surface area contributed by atoms with Crippen molar-refractivity contribution in [3.8, 4) is 11.7 Å². The maximum atomic E-state index is 12.6. The molecule has 0 aliphatic carbocycles. The molecule has 1 aliphatic rings. The molecule has 0 bridgehead atoms. The Labute approximate surface area is 289 Å². The van der Waals surface area contributed by atoms with E-state index in [1.54, 1.807) is 12.1 Å². The number of carbonyl (C=O) groups is 2. The van der Waals surface area contributed by atoms with E-state index in [0.717, 1.165) is 11.1 Å². The van der Waals surface area contributed by atoms with Gasteiger partial charge >= 0.3 is 12.0 Å². The van der Waals surface area contributed by atoms with Crippen LogP contribution in [0.1, 0.15) is 28.8 Å². The molecule has 3 aromatic heterocycles. The number of phenolic OH excluding ortho intramolecular Hbond substituents is 1. The highest BCUT2D eigenvalue weighted by Gasteiger charge is 2.48. The van der Waals surface area contributed by atoms with Crippen molar-refractivity contribution in [2.24, 2.45) is 0 Å². The lowest BCUT2D eigenvalue weighted by atomic mass is 9.91. The van der Waals surface area contributed by atoms with E-state index in [1.165, 1.54) is 34.0 Å². The van der Waals surface area contributed by atoms with Crippen molar-refractivity contribution in [3.63, 3.8) is 0 Å². The summed E-state index contributed by atoms with van der Waals surface area (Å²) in [6.07, 6.45) is -3.73. The van der Waals surface area contributed by atoms with Gasteiger partial charge in [0, 0.05) is 19.0 Å². The van der Waals surface area contributed by atoms with E-state index in [9.17, 15) is 30.0 Å². The Hall–Kier alpha value is -6.43. The highest BCUT2D eigenvalue weighted by Crippen LogP contribution is 2.33. The summed E-state index contributed by atoms with van der Waals surface area (Å²) in [6.45, 7) is 0.511. The molecule has 2 amide bonds. The molecule has 0 radical (unpaired) electrons. The fourth-order valence-electron chi connectivity index (χ4n) is 5.82. The molecule has 260 valence electrons. The van der Waals surface area contributed by atoms with Gasteiger partial charge in [0.15, 0.2) is 29.3 Å². The van der Waals surface area contributed by atoms with Crippen LogP contribution in [0, 0.1) is 0 Å². The van der Waals surface area contributed by atoms with Gasteiger partial charge in [0.1, 0.15) is 24.3 Å². The Kier molecular flexibility index (Phi) is 9.21. The van der Waals surface area contributed by atoms with Crippen LogP contribution in [0.3, 0.4) is 0 Å². The number of rotatable bonds is 11. The fraction of sp³-hybridized carbons (Fsp3) is 0.206. The number of aliphatic hydroxyl groups is 2. The molecule has 3 aromatic carbocycles. The lowest BCUT2D eigenvalue weighted by molar-refractivity contribution is -0.155. The number of nitrogens with zero attached hydrogens (tertiary/aromatic N) is 7. The summed E-state index contributed by atoms with van der Waals surface area (Å²) in [5.41, 5.74) is 3.19. The minimum absolute atomic E-state index is 0.00809. The number of fused-ring (bicyclic) bond motifs is 1. The number of carboxylic acids is 1. The molecule has 0 unspecified atom stereocenters. The maximum absolute atomic E-state index is 12.6. The van der Waals surface area contributed by atoms with Gasteiger partial charge in [-0.2, -0.15) is 19.6 Å². The van der Waals surface area contributed by atoms with Crippen molar-refractivity contribution in [2.45, 2.75) is 37.0 Å². The predicted molar refractivity (Wildman–Crippen MR) is 181 cm³/mol. The number of aliphatic carboxylic acids is 1. The SMILES string of the molecule is O=C(NCc1cccc(O)c1)Nc1ncn(-c2nc(NCC(c3ccccc3)c3ccccc3)c3ncn([C@@H]4O[C@H](C(=O)O)[C@@H](O)[C@H]4O)c3n2)n1. The predicted octanol–water partition coefficient (Wildman–Crippen LogP) is 2.38. The minimum atomic E-state index is -1.70. The van der Waals surface area contributed by atoms with Gasteiger partial charge < -0.3 is 35.8 Å². The van der Waals surface area contributed by atoms with Gasteiger partial charge in [-0.15, -0.1) is 5.10 Å². The quantitative estimate of drug-likeness (QED) is 0.103. The number of carboxylic acid groups (broad SMARTS) is 1. The second-order valence-electron chi connectivity index (χ2n) is 11.7. The lowest BCUT2D eigenvalue weighted by Gasteiger charge is -2.20. The summed E-state index contributed by atoms with van der Waals surface area (Å²) in [7, 11) is 0. The molecule has 17 nitrogen and oxygen atoms in total. The molecule has 7 N–H and O–H groups in total. The van der Waals surface area contributed by atoms with Gasteiger partial charge in [0.2, 0.25) is 0 Å². The van der Waals surface area contributed by atoms with E-state index in [2.05, 4.69) is 41.0 Å². The molecule has 4 atom stereocenters. The van der Waals surface area contributed by atoms with Crippen LogP contribution in [0.4, 0.5) is 16.6 Å². The molecule has 0 saturated carbocycles. The zero-order valence-electron chi connectivity index (χ0n) is 26.7. The number of aliphatic hydroxyl groups excluding tert-OH is 2. The van der Waals surface area contributed by atoms with Gasteiger partial charge in [-0.05, 0) is 28.8 Å². The summed E-state index contributed by atoms with van der Waals surface area (Å²) in [5.74, 6) is -1.26. The van der Waals surface area contributed by atoms with E-state index >= 15 is 0 Å². The summed E-state index contributed by atoms with van der Waals surface area (Å²) in [4.78, 5) is 42.2. The summed E-state index contributed by atoms with van der Waals surface area (Å²) in [5, 5.41) is 53.3. The molecule has 17 heteroatoms. The number of urea groups is 1. The Bertz CT molecular complexity index is 2120. The van der Waals surface area contributed by atoms with Crippen LogP contribution in [0.25, 0.3) is 17.1 Å². The van der Waals surface area contributed by atoms with Crippen molar-refractivity contribution in [2.75, 3.05) is 17.2 Å². The van der Waals surface area contributed by atoms with Crippen LogP contribution in [0.5, 0.6) is 5.75 Å². The number of nitrogens with one attached hydrogen (secondary N) is 3. The monoisotopic (exact) mass is 692 g/mol. The number of amides is 2. The molecule has 1 aliphatic heterocycles. The number of hydrogen-bond donors (Lipinski definition) is 7. The van der Waals surface area contributed by atoms with Gasteiger partial charge in [-0.3, -0.25) is 9.88 Å². The largest absolute Gasteiger partial charge is 0.508 e. The van der Waals surface area contributed by atoms with Crippen molar-refractivity contribution in [1.82, 2.24) is 39.6 Å². The van der Waals surface area contributed by atoms with E-state index in [0.29, 0.717) is 12.1 Å². The second kappa shape index (κ2) is 14.2. The van der Waals surface area contributed by atoms with Crippen LogP contribution in [0.2, 0.25) is 0 Å². The number of aromatic nitrogens is 7. The Morgan fingerprint density at radius 1 is 0.882 bits per heavy atom. The van der Waals surface area contributed by atoms with Gasteiger partial charge in [-0.25, -0.2) is 14.6 Å². The number of imidazole rings is 1. The zero-order chi connectivity index (χ0) is 35.5. The molecule has 4 heterocycles. The van der Waals surface area contributed by atoms with Gasteiger partial charge in [0.05, 0.1) is 6.33 Å². The van der Waals surface area contributed by atoms with E-state index < -0.39 is 36.5 Å². The Morgan fingerprint density at radius 2 is 1.61 bits per heavy atom. The third-order valence-electron chi connectivity index (χ3n) is 8.33. The third kappa shape index (κ3) is 7.02. The smallest absolute Gasteiger partial charge is 0.335 e. The third-order valence-corrected chi connectivity index (χ3v) is 8.33. The lowest BCUT2D eigenvalue weighted by Crippen LogP contribution is -2.35. The molecule has 1 fully saturated rings. The number of anilines is 2. The van der Waals surface area contributed by atoms with Crippen LogP contribution >= 0.6 is 0 Å². The summed E-state index contributed by atoms with van der Waals surface area (Å²) < 4.78 is 8.09. The Balaban J connectivity index is 1.20. The first-order valence-electron chi connectivity index (χ1n) is 15.8. The average molecular weight is 693 g/mol. The number of carbonyl (C=O) groups excluding carboxylic acids is 1. The van der Waals surface area contributed by atoms with Gasteiger partial charge in [0.25, 0.3) is 11.9 Å². The van der Waals surface area contributed by atoms with Crippen molar-refractivity contribution in [1.29, 1.82) is 0 Å². The second-order valence-corrected chi connectivity index (χ2v) is 11.7. The molecule has 6 aromatic rings. The molecule has 0 spiro atoms. The number of benzene rings is 3. The molecule has 1 saturated heterocycles.